The van der Waals surface area contributed by atoms with Crippen LogP contribution in [0.2, 0.25) is 0 Å². The van der Waals surface area contributed by atoms with Gasteiger partial charge in [-0.1, -0.05) is 13.8 Å². The first-order chi connectivity index (χ1) is 10.0. The third-order valence-corrected chi connectivity index (χ3v) is 3.58. The van der Waals surface area contributed by atoms with Crippen molar-refractivity contribution in [2.45, 2.75) is 39.4 Å². The maximum atomic E-state index is 12.3. The summed E-state index contributed by atoms with van der Waals surface area (Å²) in [4.78, 5) is 33.9. The average Bonchev–Trinajstić information content (AvgIpc) is 3.02. The smallest absolute Gasteiger partial charge is 0.407 e. The quantitative estimate of drug-likeness (QED) is 0.882. The van der Waals surface area contributed by atoms with Crippen molar-refractivity contribution in [3.63, 3.8) is 0 Å². The van der Waals surface area contributed by atoms with Gasteiger partial charge in [0.05, 0.1) is 12.2 Å². The minimum Gasteiger partial charge on any atom is -0.447 e. The molecule has 0 radical (unpaired) electrons. The number of alkyl carbamates (subject to hydrolysis) is 1. The predicted molar refractivity (Wildman–Crippen MR) is 73.1 cm³/mol. The molecule has 7 heteroatoms. The highest BCUT2D eigenvalue weighted by Crippen LogP contribution is 2.22. The van der Waals surface area contributed by atoms with E-state index in [1.807, 2.05) is 0 Å². The molecule has 1 atom stereocenters. The Hall–Kier alpha value is -2.18. The van der Waals surface area contributed by atoms with Gasteiger partial charge in [-0.05, 0) is 5.92 Å². The number of carbonyl (C=O) groups excluding carboxylic acids is 2. The third kappa shape index (κ3) is 2.81. The molecule has 21 heavy (non-hydrogen) atoms. The van der Waals surface area contributed by atoms with Crippen molar-refractivity contribution in [2.24, 2.45) is 5.92 Å². The fourth-order valence-corrected chi connectivity index (χ4v) is 2.55. The van der Waals surface area contributed by atoms with Gasteiger partial charge >= 0.3 is 6.09 Å². The molecule has 0 saturated carbocycles. The molecule has 2 aliphatic heterocycles. The Labute approximate surface area is 122 Å². The van der Waals surface area contributed by atoms with Gasteiger partial charge < -0.3 is 15.0 Å². The SMILES string of the molecule is CC(C)Cc1ncc2c(n1)CN(C(=O)C1COC(=O)N1)C2. The van der Waals surface area contributed by atoms with Gasteiger partial charge in [0.15, 0.2) is 0 Å². The zero-order valence-electron chi connectivity index (χ0n) is 12.1. The number of ether oxygens (including phenoxy) is 1. The number of hydrogen-bond donors (Lipinski definition) is 1. The van der Waals surface area contributed by atoms with E-state index in [2.05, 4.69) is 29.1 Å². The molecular formula is C14H18N4O3. The zero-order chi connectivity index (χ0) is 15.0. The molecule has 3 heterocycles. The molecule has 2 aliphatic rings. The summed E-state index contributed by atoms with van der Waals surface area (Å²) >= 11 is 0. The Balaban J connectivity index is 1.69. The van der Waals surface area contributed by atoms with Crippen LogP contribution < -0.4 is 5.32 Å². The van der Waals surface area contributed by atoms with Gasteiger partial charge in [-0.15, -0.1) is 0 Å². The molecule has 0 bridgehead atoms. The number of nitrogens with zero attached hydrogens (tertiary/aromatic N) is 3. The number of rotatable bonds is 3. The van der Waals surface area contributed by atoms with Gasteiger partial charge in [-0.2, -0.15) is 0 Å². The summed E-state index contributed by atoms with van der Waals surface area (Å²) in [5.41, 5.74) is 1.88. The molecular weight excluding hydrogens is 272 g/mol. The van der Waals surface area contributed by atoms with Crippen LogP contribution in [0.5, 0.6) is 0 Å². The minimum atomic E-state index is -0.588. The van der Waals surface area contributed by atoms with Crippen LogP contribution >= 0.6 is 0 Å². The fraction of sp³-hybridized carbons (Fsp3) is 0.571. The minimum absolute atomic E-state index is 0.0921. The van der Waals surface area contributed by atoms with Crippen LogP contribution in [0.3, 0.4) is 0 Å². The maximum Gasteiger partial charge on any atom is 0.407 e. The fourth-order valence-electron chi connectivity index (χ4n) is 2.55. The van der Waals surface area contributed by atoms with Crippen LogP contribution in [0, 0.1) is 5.92 Å². The van der Waals surface area contributed by atoms with E-state index in [0.717, 1.165) is 23.5 Å². The monoisotopic (exact) mass is 290 g/mol. The number of hydrogen-bond acceptors (Lipinski definition) is 5. The van der Waals surface area contributed by atoms with Crippen molar-refractivity contribution >= 4 is 12.0 Å². The van der Waals surface area contributed by atoms with Crippen molar-refractivity contribution in [3.8, 4) is 0 Å². The van der Waals surface area contributed by atoms with E-state index in [1.165, 1.54) is 0 Å². The summed E-state index contributed by atoms with van der Waals surface area (Å²) in [5, 5.41) is 2.51. The summed E-state index contributed by atoms with van der Waals surface area (Å²) in [6.07, 6.45) is 2.09. The third-order valence-electron chi connectivity index (χ3n) is 3.58. The van der Waals surface area contributed by atoms with Crippen molar-refractivity contribution in [2.75, 3.05) is 6.61 Å². The van der Waals surface area contributed by atoms with Gasteiger partial charge in [0.2, 0.25) is 5.91 Å². The molecule has 1 aromatic heterocycles. The van der Waals surface area contributed by atoms with Crippen LogP contribution in [0.15, 0.2) is 6.20 Å². The normalized spacial score (nSPS) is 20.4. The van der Waals surface area contributed by atoms with E-state index < -0.39 is 12.1 Å². The lowest BCUT2D eigenvalue weighted by molar-refractivity contribution is -0.133. The van der Waals surface area contributed by atoms with Crippen molar-refractivity contribution in [1.29, 1.82) is 0 Å². The highest BCUT2D eigenvalue weighted by Gasteiger charge is 2.35. The van der Waals surface area contributed by atoms with E-state index in [-0.39, 0.29) is 12.5 Å². The van der Waals surface area contributed by atoms with E-state index in [0.29, 0.717) is 19.0 Å². The number of cyclic esters (lactones) is 1. The highest BCUT2D eigenvalue weighted by atomic mass is 16.6. The van der Waals surface area contributed by atoms with Crippen LogP contribution in [0.4, 0.5) is 4.79 Å². The number of carbonyl (C=O) groups is 2. The number of aromatic nitrogens is 2. The Kier molecular flexibility index (Phi) is 3.48. The molecule has 0 spiro atoms. The lowest BCUT2D eigenvalue weighted by Crippen LogP contribution is -2.43. The van der Waals surface area contributed by atoms with Crippen molar-refractivity contribution < 1.29 is 14.3 Å². The molecule has 1 unspecified atom stereocenters. The van der Waals surface area contributed by atoms with Crippen molar-refractivity contribution in [1.82, 2.24) is 20.2 Å². The maximum absolute atomic E-state index is 12.3. The molecule has 2 amide bonds. The molecule has 1 saturated heterocycles. The van der Waals surface area contributed by atoms with Gasteiger partial charge in [0.25, 0.3) is 0 Å². The van der Waals surface area contributed by atoms with Gasteiger partial charge in [0, 0.05) is 24.7 Å². The summed E-state index contributed by atoms with van der Waals surface area (Å²) < 4.78 is 4.76. The topological polar surface area (TPSA) is 84.4 Å². The standard InChI is InChI=1S/C14H18N4O3/c1-8(2)3-12-15-4-9-5-18(6-10(9)16-12)13(19)11-7-21-14(20)17-11/h4,8,11H,3,5-7H2,1-2H3,(H,17,20). The molecule has 3 rings (SSSR count). The van der Waals surface area contributed by atoms with Crippen LogP contribution in [-0.4, -0.2) is 39.5 Å². The van der Waals surface area contributed by atoms with E-state index >= 15 is 0 Å². The Morgan fingerprint density at radius 3 is 3.00 bits per heavy atom. The summed E-state index contributed by atoms with van der Waals surface area (Å²) in [7, 11) is 0. The highest BCUT2D eigenvalue weighted by molar-refractivity contribution is 5.88. The first-order valence-corrected chi connectivity index (χ1v) is 7.08. The van der Waals surface area contributed by atoms with Gasteiger partial charge in [-0.25, -0.2) is 14.8 Å². The largest absolute Gasteiger partial charge is 0.447 e. The average molecular weight is 290 g/mol. The van der Waals surface area contributed by atoms with Crippen LogP contribution in [-0.2, 0) is 29.0 Å². The summed E-state index contributed by atoms with van der Waals surface area (Å²) in [6.45, 7) is 5.29. The van der Waals surface area contributed by atoms with Crippen LogP contribution in [0.25, 0.3) is 0 Å². The number of fused-ring (bicyclic) bond motifs is 1. The molecule has 1 fully saturated rings. The predicted octanol–water partition coefficient (Wildman–Crippen LogP) is 0.626. The van der Waals surface area contributed by atoms with E-state index in [4.69, 9.17) is 4.74 Å². The van der Waals surface area contributed by atoms with Crippen molar-refractivity contribution in [3.05, 3.63) is 23.3 Å². The molecule has 1 N–H and O–H groups in total. The Morgan fingerprint density at radius 2 is 2.33 bits per heavy atom. The first kappa shape index (κ1) is 13.8. The lowest BCUT2D eigenvalue weighted by atomic mass is 10.1. The molecule has 0 aliphatic carbocycles. The zero-order valence-corrected chi connectivity index (χ0v) is 12.1. The molecule has 1 aromatic rings. The molecule has 7 nitrogen and oxygen atoms in total. The second kappa shape index (κ2) is 5.31. The summed E-state index contributed by atoms with van der Waals surface area (Å²) in [5.74, 6) is 1.17. The van der Waals surface area contributed by atoms with Gasteiger partial charge in [-0.3, -0.25) is 4.79 Å². The Morgan fingerprint density at radius 1 is 1.52 bits per heavy atom. The Bertz CT molecular complexity index is 588. The second-order valence-corrected chi connectivity index (χ2v) is 5.85. The lowest BCUT2D eigenvalue weighted by Gasteiger charge is -2.17. The molecule has 112 valence electrons. The molecule has 0 aromatic carbocycles. The first-order valence-electron chi connectivity index (χ1n) is 7.08. The van der Waals surface area contributed by atoms with E-state index in [9.17, 15) is 9.59 Å². The number of nitrogens with one attached hydrogen (secondary N) is 1. The van der Waals surface area contributed by atoms with Crippen LogP contribution in [0.1, 0.15) is 30.9 Å². The summed E-state index contributed by atoms with van der Waals surface area (Å²) in [6, 6.07) is -0.588. The van der Waals surface area contributed by atoms with E-state index in [1.54, 1.807) is 11.1 Å². The van der Waals surface area contributed by atoms with Gasteiger partial charge in [0.1, 0.15) is 18.5 Å². The second-order valence-electron chi connectivity index (χ2n) is 5.85. The number of amides is 2.